The van der Waals surface area contributed by atoms with Crippen molar-refractivity contribution in [2.45, 2.75) is 19.4 Å². The van der Waals surface area contributed by atoms with E-state index in [4.69, 9.17) is 35.3 Å². The Morgan fingerprint density at radius 1 is 1.25 bits per heavy atom. The fraction of sp³-hybridized carbons (Fsp3) is 0.231. The van der Waals surface area contributed by atoms with Crippen molar-refractivity contribution in [2.24, 2.45) is 5.73 Å². The van der Waals surface area contributed by atoms with Crippen LogP contribution in [0.15, 0.2) is 59.7 Å². The van der Waals surface area contributed by atoms with Gasteiger partial charge < -0.3 is 30.4 Å². The number of aromatic amines is 1. The van der Waals surface area contributed by atoms with Gasteiger partial charge in [-0.3, -0.25) is 15.2 Å². The van der Waals surface area contributed by atoms with Crippen molar-refractivity contribution in [1.82, 2.24) is 24.7 Å². The van der Waals surface area contributed by atoms with Gasteiger partial charge in [0.2, 0.25) is 0 Å². The Hall–Kier alpha value is -5.24. The summed E-state index contributed by atoms with van der Waals surface area (Å²) in [4.78, 5) is 32.9. The predicted octanol–water partition coefficient (Wildman–Crippen LogP) is 1.84. The van der Waals surface area contributed by atoms with Gasteiger partial charge in [-0.1, -0.05) is 0 Å². The molecule has 0 saturated carbocycles. The number of hydrogen-bond acceptors (Lipinski definition) is 10. The second-order valence-electron chi connectivity index (χ2n) is 8.50. The molecule has 6 N–H and O–H groups in total. The van der Waals surface area contributed by atoms with Crippen LogP contribution in [-0.4, -0.2) is 62.2 Å². The number of anilines is 1. The number of aromatic nitrogens is 5. The molecule has 40 heavy (non-hydrogen) atoms. The third kappa shape index (κ3) is 6.60. The van der Waals surface area contributed by atoms with Crippen LogP contribution >= 0.6 is 0 Å². The van der Waals surface area contributed by atoms with Crippen molar-refractivity contribution in [2.75, 3.05) is 25.8 Å². The van der Waals surface area contributed by atoms with Crippen LogP contribution in [0.3, 0.4) is 0 Å². The fourth-order valence-corrected chi connectivity index (χ4v) is 3.92. The number of carboxylic acids is 1. The van der Waals surface area contributed by atoms with E-state index in [0.29, 0.717) is 35.9 Å². The van der Waals surface area contributed by atoms with E-state index >= 15 is 0 Å². The molecule has 0 unspecified atom stereocenters. The summed E-state index contributed by atoms with van der Waals surface area (Å²) in [7, 11) is 1.57. The first-order valence-corrected chi connectivity index (χ1v) is 12.0. The van der Waals surface area contributed by atoms with Gasteiger partial charge in [-0.15, -0.1) is 9.78 Å². The smallest absolute Gasteiger partial charge is 0.350 e. The van der Waals surface area contributed by atoms with E-state index in [0.717, 1.165) is 28.4 Å². The first kappa shape index (κ1) is 27.8. The number of carbonyl (C=O) groups is 1. The molecule has 0 aliphatic carbocycles. The second kappa shape index (κ2) is 12.5. The van der Waals surface area contributed by atoms with Crippen LogP contribution in [-0.2, 0) is 16.0 Å². The van der Waals surface area contributed by atoms with Crippen molar-refractivity contribution < 1.29 is 24.1 Å². The van der Waals surface area contributed by atoms with E-state index in [1.807, 2.05) is 12.1 Å². The highest BCUT2D eigenvalue weighted by Gasteiger charge is 2.25. The number of aliphatic carboxylic acids is 1. The third-order valence-electron chi connectivity index (χ3n) is 5.67. The Morgan fingerprint density at radius 3 is 2.60 bits per heavy atom. The number of nitrogens with one attached hydrogen (secondary N) is 3. The molecule has 3 heterocycles. The average Bonchev–Trinajstić information content (AvgIpc) is 3.16. The summed E-state index contributed by atoms with van der Waals surface area (Å²) in [5.74, 6) is 0.803. The number of benzene rings is 2. The first-order chi connectivity index (χ1) is 19.3. The van der Waals surface area contributed by atoms with Crippen molar-refractivity contribution >= 4 is 17.5 Å². The van der Waals surface area contributed by atoms with E-state index in [1.54, 1.807) is 37.4 Å². The minimum absolute atomic E-state index is 0.0262. The van der Waals surface area contributed by atoms with Gasteiger partial charge in [0.1, 0.15) is 11.9 Å². The number of nitrogens with zero attached hydrogens (tertiary/aromatic N) is 4. The Kier molecular flexibility index (Phi) is 8.71. The maximum atomic E-state index is 12.8. The number of carboxylic acid groups (broad SMARTS) is 1. The van der Waals surface area contributed by atoms with E-state index in [-0.39, 0.29) is 18.6 Å². The molecule has 0 radical (unpaired) electrons. The van der Waals surface area contributed by atoms with E-state index in [9.17, 15) is 4.79 Å². The summed E-state index contributed by atoms with van der Waals surface area (Å²) < 4.78 is 17.9. The minimum atomic E-state index is -0.833. The fourth-order valence-electron chi connectivity index (χ4n) is 3.92. The highest BCUT2D eigenvalue weighted by molar-refractivity contribution is 5.95. The molecule has 1 atom stereocenters. The van der Waals surface area contributed by atoms with Gasteiger partial charge >= 0.3 is 5.69 Å². The van der Waals surface area contributed by atoms with Crippen molar-refractivity contribution in [3.63, 3.8) is 0 Å². The monoisotopic (exact) mass is 548 g/mol. The highest BCUT2D eigenvalue weighted by atomic mass is 16.7. The minimum Gasteiger partial charge on any atom is -0.493 e. The number of nitrogen functional groups attached to an aromatic ring is 1. The molecule has 0 saturated heterocycles. The van der Waals surface area contributed by atoms with Crippen molar-refractivity contribution in [1.29, 1.82) is 5.41 Å². The van der Waals surface area contributed by atoms with Crippen LogP contribution in [0.1, 0.15) is 35.5 Å². The lowest BCUT2D eigenvalue weighted by atomic mass is 9.99. The van der Waals surface area contributed by atoms with Crippen LogP contribution in [0.25, 0.3) is 5.95 Å². The average molecular weight is 549 g/mol. The molecule has 4 aromatic rings. The molecule has 208 valence electrons. The molecule has 14 heteroatoms. The predicted molar refractivity (Wildman–Crippen MR) is 144 cm³/mol. The summed E-state index contributed by atoms with van der Waals surface area (Å²) in [6, 6.07) is 12.0. The topological polar surface area (TPSA) is 203 Å². The summed E-state index contributed by atoms with van der Waals surface area (Å²) in [5.41, 5.74) is 8.13. The molecule has 1 aliphatic heterocycles. The second-order valence-corrected chi connectivity index (χ2v) is 8.50. The Bertz CT molecular complexity index is 1530. The zero-order valence-electron chi connectivity index (χ0n) is 21.7. The molecule has 2 aromatic heterocycles. The number of fused-ring (bicyclic) bond motifs is 1. The molecule has 5 rings (SSSR count). The molecule has 1 aliphatic rings. The molecule has 14 nitrogen and oxygen atoms in total. The number of amidine groups is 1. The maximum absolute atomic E-state index is 12.8. The summed E-state index contributed by atoms with van der Waals surface area (Å²) in [6.45, 7) is 1.72. The van der Waals surface area contributed by atoms with Gasteiger partial charge in [-0.2, -0.15) is 0 Å². The van der Waals surface area contributed by atoms with E-state index in [1.165, 1.54) is 12.4 Å². The molecular weight excluding hydrogens is 520 g/mol. The van der Waals surface area contributed by atoms with Crippen molar-refractivity contribution in [3.8, 4) is 17.4 Å². The number of rotatable bonds is 7. The molecule has 0 spiro atoms. The SMILES string of the molecule is CC(=O)O.COc1cc([C@H](Nc2ccc(C(=N)N)cc2)c2nn(-c3ncccn3)c(=O)[nH]2)cc2c1OCOCC2. The van der Waals surface area contributed by atoms with Gasteiger partial charge in [0.05, 0.1) is 13.7 Å². The van der Waals surface area contributed by atoms with Gasteiger partial charge in [-0.05, 0) is 54.4 Å². The number of nitrogens with two attached hydrogens (primary N) is 1. The Balaban J connectivity index is 0.000000867. The molecule has 0 fully saturated rings. The molecule has 0 amide bonds. The first-order valence-electron chi connectivity index (χ1n) is 12.0. The number of hydrogen-bond donors (Lipinski definition) is 5. The van der Waals surface area contributed by atoms with E-state index < -0.39 is 17.7 Å². The van der Waals surface area contributed by atoms with Crippen LogP contribution in [0.2, 0.25) is 0 Å². The number of ether oxygens (including phenoxy) is 3. The Morgan fingerprint density at radius 2 is 1.95 bits per heavy atom. The van der Waals surface area contributed by atoms with Gasteiger partial charge in [0.25, 0.3) is 11.9 Å². The zero-order chi connectivity index (χ0) is 28.6. The van der Waals surface area contributed by atoms with Crippen LogP contribution in [0, 0.1) is 5.41 Å². The zero-order valence-corrected chi connectivity index (χ0v) is 21.7. The van der Waals surface area contributed by atoms with Gasteiger partial charge in [-0.25, -0.2) is 14.8 Å². The van der Waals surface area contributed by atoms with Gasteiger partial charge in [0.15, 0.2) is 24.1 Å². The highest BCUT2D eigenvalue weighted by Crippen LogP contribution is 2.38. The van der Waals surface area contributed by atoms with Crippen LogP contribution in [0.4, 0.5) is 5.69 Å². The summed E-state index contributed by atoms with van der Waals surface area (Å²) in [5, 5.41) is 23.0. The maximum Gasteiger partial charge on any atom is 0.350 e. The largest absolute Gasteiger partial charge is 0.493 e. The normalized spacial score (nSPS) is 12.9. The summed E-state index contributed by atoms with van der Waals surface area (Å²) >= 11 is 0. The van der Waals surface area contributed by atoms with Crippen molar-refractivity contribution in [3.05, 3.63) is 87.9 Å². The summed E-state index contributed by atoms with van der Waals surface area (Å²) in [6.07, 6.45) is 3.70. The van der Waals surface area contributed by atoms with Gasteiger partial charge in [0, 0.05) is 36.1 Å². The van der Waals surface area contributed by atoms with E-state index in [2.05, 4.69) is 25.4 Å². The number of methoxy groups -OCH3 is 1. The van der Waals surface area contributed by atoms with Crippen LogP contribution < -0.4 is 26.2 Å². The lowest BCUT2D eigenvalue weighted by Crippen LogP contribution is -2.18. The molecule has 0 bridgehead atoms. The molecular formula is C26H28N8O6. The lowest BCUT2D eigenvalue weighted by molar-refractivity contribution is -0.134. The molecule has 2 aromatic carbocycles. The standard InChI is InChI=1S/C24H24N8O4.C2H4O2/c1-34-18-12-16(11-15-7-10-35-13-36-20(15)18)19(29-17-5-3-14(4-6-17)21(25)26)22-30-24(33)32(31-22)23-27-8-2-9-28-23;1-2(3)4/h2-6,8-9,11-12,19,29H,7,10,13H2,1H3,(H3,25,26)(H,30,31,33);1H3,(H,3,4)/t19-;/m0./s1. The lowest BCUT2D eigenvalue weighted by Gasteiger charge is -2.21. The quantitative estimate of drug-likeness (QED) is 0.166. The third-order valence-corrected chi connectivity index (χ3v) is 5.67. The number of H-pyrrole nitrogens is 1. The Labute approximate surface area is 228 Å². The van der Waals surface area contributed by atoms with Crippen LogP contribution in [0.5, 0.6) is 11.5 Å².